The second-order valence-electron chi connectivity index (χ2n) is 11.9. The molecule has 4 aliphatic rings. The summed E-state index contributed by atoms with van der Waals surface area (Å²) in [6.45, 7) is 15.9. The lowest BCUT2D eigenvalue weighted by molar-refractivity contribution is -0.137. The highest BCUT2D eigenvalue weighted by Gasteiger charge is 2.55. The maximum absolute atomic E-state index is 13.8. The fourth-order valence-electron chi connectivity index (χ4n) is 5.01. The van der Waals surface area contributed by atoms with Crippen molar-refractivity contribution in [3.05, 3.63) is 22.8 Å². The molecule has 5 nitrogen and oxygen atoms in total. The number of nitrogens with zero attached hydrogens (tertiary/aromatic N) is 1. The first-order valence-electron chi connectivity index (χ1n) is 11.7. The summed E-state index contributed by atoms with van der Waals surface area (Å²) in [7, 11) is -0.373. The van der Waals surface area contributed by atoms with Crippen molar-refractivity contribution < 1.29 is 18.5 Å². The van der Waals surface area contributed by atoms with E-state index in [0.29, 0.717) is 6.54 Å². The first-order chi connectivity index (χ1) is 14.1. The van der Waals surface area contributed by atoms with Crippen LogP contribution in [0.15, 0.2) is 22.8 Å². The minimum absolute atomic E-state index is 0.161. The van der Waals surface area contributed by atoms with Gasteiger partial charge in [0.15, 0.2) is 0 Å². The topological polar surface area (TPSA) is 50.8 Å². The molecule has 1 N–H and O–H groups in total. The summed E-state index contributed by atoms with van der Waals surface area (Å²) in [6.07, 6.45) is 5.56. The first kappa shape index (κ1) is 23.0. The molecule has 2 fully saturated rings. The summed E-state index contributed by atoms with van der Waals surface area (Å²) < 4.78 is 26.4. The highest BCUT2D eigenvalue weighted by molar-refractivity contribution is 6.54. The van der Waals surface area contributed by atoms with Crippen LogP contribution >= 0.6 is 0 Å². The van der Waals surface area contributed by atoms with Crippen LogP contribution in [0.3, 0.4) is 0 Å². The molecule has 7 heteroatoms. The molecule has 172 valence electrons. The van der Waals surface area contributed by atoms with Crippen LogP contribution in [-0.4, -0.2) is 53.4 Å². The Labute approximate surface area is 186 Å². The molecule has 0 spiro atoms. The zero-order valence-electron chi connectivity index (χ0n) is 20.4. The van der Waals surface area contributed by atoms with Gasteiger partial charge < -0.3 is 19.5 Å². The van der Waals surface area contributed by atoms with Crippen molar-refractivity contribution in [1.82, 2.24) is 10.2 Å². The lowest BCUT2D eigenvalue weighted by Crippen LogP contribution is -2.55. The van der Waals surface area contributed by atoms with E-state index in [4.69, 9.17) is 9.31 Å². The van der Waals surface area contributed by atoms with Gasteiger partial charge in [0.1, 0.15) is 5.67 Å². The minimum Gasteiger partial charge on any atom is -0.400 e. The van der Waals surface area contributed by atoms with Crippen molar-refractivity contribution in [3.63, 3.8) is 0 Å². The van der Waals surface area contributed by atoms with Crippen molar-refractivity contribution in [3.8, 4) is 0 Å². The van der Waals surface area contributed by atoms with Gasteiger partial charge >= 0.3 is 7.12 Å². The third-order valence-electron chi connectivity index (χ3n) is 7.91. The predicted molar refractivity (Wildman–Crippen MR) is 121 cm³/mol. The largest absolute Gasteiger partial charge is 0.490 e. The third-order valence-corrected chi connectivity index (χ3v) is 7.91. The fraction of sp³-hybridized carbons (Fsp3) is 0.792. The number of halogens is 1. The van der Waals surface area contributed by atoms with Crippen LogP contribution in [0.2, 0.25) is 0 Å². The number of rotatable bonds is 5. The van der Waals surface area contributed by atoms with Gasteiger partial charge in [-0.25, -0.2) is 4.39 Å². The van der Waals surface area contributed by atoms with Crippen molar-refractivity contribution in [1.29, 1.82) is 0 Å². The van der Waals surface area contributed by atoms with Gasteiger partial charge in [0.05, 0.1) is 16.6 Å². The summed E-state index contributed by atoms with van der Waals surface area (Å²) in [5.41, 5.74) is 0.909. The summed E-state index contributed by atoms with van der Waals surface area (Å²) >= 11 is 0. The average molecular weight is 432 g/mol. The van der Waals surface area contributed by atoms with E-state index in [9.17, 15) is 9.18 Å². The Kier molecular flexibility index (Phi) is 5.31. The fourth-order valence-corrected chi connectivity index (χ4v) is 5.01. The number of carbonyl (C=O) groups excluding carboxylic acids is 1. The quantitative estimate of drug-likeness (QED) is 0.658. The lowest BCUT2D eigenvalue weighted by Gasteiger charge is -2.43. The molecule has 1 amide bonds. The number of amides is 1. The average Bonchev–Trinajstić information content (AvgIpc) is 2.93. The predicted octanol–water partition coefficient (Wildman–Crippen LogP) is 4.33. The molecule has 0 atom stereocenters. The third kappa shape index (κ3) is 3.91. The summed E-state index contributed by atoms with van der Waals surface area (Å²) in [4.78, 5) is 15.4. The van der Waals surface area contributed by atoms with Gasteiger partial charge in [0.25, 0.3) is 0 Å². The number of allylic oxidation sites excluding steroid dienone is 2. The van der Waals surface area contributed by atoms with Crippen LogP contribution in [0.1, 0.15) is 81.1 Å². The SMILES string of the molecule is CC(C)(F)CNC1CC(N2C(=O)C(C)(C)C3=C2C=C(B2OC(C)(C)C(C)(C)O2)CC3)C1. The zero-order valence-corrected chi connectivity index (χ0v) is 20.4. The smallest absolute Gasteiger partial charge is 0.400 e. The van der Waals surface area contributed by atoms with Gasteiger partial charge in [-0.2, -0.15) is 0 Å². The standard InChI is InChI=1S/C24H38BFN2O3/c1-21(2,26)14-27-16-12-17(13-16)28-19-11-15(9-10-18(19)22(3,4)20(28)29)25-30-23(5,6)24(7,8)31-25/h11,16-17,27H,9-10,12-14H2,1-8H3. The number of hydrogen-bond donors (Lipinski definition) is 1. The molecule has 0 bridgehead atoms. The van der Waals surface area contributed by atoms with E-state index in [1.54, 1.807) is 13.8 Å². The molecule has 0 aromatic heterocycles. The molecule has 2 aliphatic heterocycles. The Morgan fingerprint density at radius 2 is 1.71 bits per heavy atom. The molecule has 0 aromatic carbocycles. The molecule has 4 rings (SSSR count). The molecular formula is C24H38BFN2O3. The van der Waals surface area contributed by atoms with E-state index in [-0.39, 0.29) is 36.3 Å². The lowest BCUT2D eigenvalue weighted by atomic mass is 9.70. The Morgan fingerprint density at radius 3 is 2.26 bits per heavy atom. The molecule has 0 radical (unpaired) electrons. The first-order valence-corrected chi connectivity index (χ1v) is 11.7. The highest BCUT2D eigenvalue weighted by Crippen LogP contribution is 2.50. The molecule has 1 saturated heterocycles. The van der Waals surface area contributed by atoms with Gasteiger partial charge in [-0.1, -0.05) is 0 Å². The molecule has 2 heterocycles. The maximum atomic E-state index is 13.8. The van der Waals surface area contributed by atoms with Gasteiger partial charge in [0.2, 0.25) is 5.91 Å². The Morgan fingerprint density at radius 1 is 1.13 bits per heavy atom. The minimum atomic E-state index is -1.23. The number of hydrogen-bond acceptors (Lipinski definition) is 4. The van der Waals surface area contributed by atoms with Crippen LogP contribution in [-0.2, 0) is 14.1 Å². The van der Waals surface area contributed by atoms with Gasteiger partial charge in [-0.15, -0.1) is 0 Å². The van der Waals surface area contributed by atoms with Gasteiger partial charge in [-0.05, 0) is 98.2 Å². The van der Waals surface area contributed by atoms with Crippen molar-refractivity contribution in [2.24, 2.45) is 5.41 Å². The Balaban J connectivity index is 1.53. The monoisotopic (exact) mass is 432 g/mol. The Hall–Kier alpha value is -1.18. The molecule has 0 aromatic rings. The van der Waals surface area contributed by atoms with Gasteiger partial charge in [0, 0.05) is 24.3 Å². The molecule has 2 aliphatic carbocycles. The Bertz CT molecular complexity index is 818. The summed E-state index contributed by atoms with van der Waals surface area (Å²) in [5, 5.41) is 3.31. The van der Waals surface area contributed by atoms with E-state index in [0.717, 1.165) is 36.9 Å². The van der Waals surface area contributed by atoms with Crippen LogP contribution in [0.25, 0.3) is 0 Å². The number of nitrogens with one attached hydrogen (secondary N) is 1. The molecular weight excluding hydrogens is 394 g/mol. The van der Waals surface area contributed by atoms with Crippen molar-refractivity contribution in [2.75, 3.05) is 6.54 Å². The van der Waals surface area contributed by atoms with E-state index in [1.807, 2.05) is 18.7 Å². The van der Waals surface area contributed by atoms with E-state index < -0.39 is 11.1 Å². The summed E-state index contributed by atoms with van der Waals surface area (Å²) in [6, 6.07) is 0.420. The van der Waals surface area contributed by atoms with Crippen LogP contribution in [0.5, 0.6) is 0 Å². The molecule has 1 saturated carbocycles. The van der Waals surface area contributed by atoms with Gasteiger partial charge in [-0.3, -0.25) is 4.79 Å². The highest BCUT2D eigenvalue weighted by atomic mass is 19.1. The van der Waals surface area contributed by atoms with E-state index >= 15 is 0 Å². The normalized spacial score (nSPS) is 31.6. The van der Waals surface area contributed by atoms with Crippen molar-refractivity contribution in [2.45, 2.75) is 110 Å². The van der Waals surface area contributed by atoms with Crippen LogP contribution in [0.4, 0.5) is 4.39 Å². The molecule has 0 unspecified atom stereocenters. The van der Waals surface area contributed by atoms with Crippen LogP contribution < -0.4 is 5.32 Å². The molecule has 31 heavy (non-hydrogen) atoms. The number of carbonyl (C=O) groups is 1. The van der Waals surface area contributed by atoms with E-state index in [2.05, 4.69) is 39.1 Å². The zero-order chi connectivity index (χ0) is 23.0. The van der Waals surface area contributed by atoms with E-state index in [1.165, 1.54) is 5.57 Å². The second-order valence-corrected chi connectivity index (χ2v) is 11.9. The second kappa shape index (κ2) is 7.16. The summed E-state index contributed by atoms with van der Waals surface area (Å²) in [5.74, 6) is 0.179. The van der Waals surface area contributed by atoms with Crippen LogP contribution in [0, 0.1) is 5.41 Å². The maximum Gasteiger partial charge on any atom is 0.490 e. The van der Waals surface area contributed by atoms with Crippen molar-refractivity contribution >= 4 is 13.0 Å². The number of alkyl halides is 1.